The zero-order chi connectivity index (χ0) is 13.9. The fraction of sp³-hybridized carbons (Fsp3) is 0.385. The van der Waals surface area contributed by atoms with Gasteiger partial charge >= 0.3 is 5.97 Å². The van der Waals surface area contributed by atoms with Gasteiger partial charge in [0.15, 0.2) is 6.61 Å². The maximum absolute atomic E-state index is 11.6. The first kappa shape index (κ1) is 13.9. The molecule has 0 saturated heterocycles. The summed E-state index contributed by atoms with van der Waals surface area (Å²) in [5.74, 6) is -0.583. The minimum absolute atomic E-state index is 0.127. The number of halogens is 1. The first-order chi connectivity index (χ1) is 9.03. The molecule has 1 aliphatic rings. The van der Waals surface area contributed by atoms with Crippen LogP contribution in [0.25, 0.3) is 0 Å². The standard InChI is InChI=1S/C13H14BrNO4/c14-9-3-1-2-4-10(9)19-7-11(16)15-8-13(5-6-13)12(17)18/h1-4H,5-8H2,(H,15,16)(H,17,18). The molecule has 1 amide bonds. The lowest BCUT2D eigenvalue weighted by Gasteiger charge is -2.12. The Morgan fingerprint density at radius 1 is 1.37 bits per heavy atom. The van der Waals surface area contributed by atoms with Gasteiger partial charge < -0.3 is 15.2 Å². The van der Waals surface area contributed by atoms with Crippen molar-refractivity contribution in [2.45, 2.75) is 12.8 Å². The number of nitrogens with one attached hydrogen (secondary N) is 1. The molecule has 1 aromatic carbocycles. The summed E-state index contributed by atoms with van der Waals surface area (Å²) in [6.45, 7) is 0.0405. The lowest BCUT2D eigenvalue weighted by atomic mass is 10.1. The van der Waals surface area contributed by atoms with Crippen molar-refractivity contribution in [2.24, 2.45) is 5.41 Å². The number of carbonyl (C=O) groups is 2. The monoisotopic (exact) mass is 327 g/mol. The number of amides is 1. The Balaban J connectivity index is 1.77. The van der Waals surface area contributed by atoms with Crippen molar-refractivity contribution in [3.63, 3.8) is 0 Å². The summed E-state index contributed by atoms with van der Waals surface area (Å²) in [7, 11) is 0. The van der Waals surface area contributed by atoms with Crippen molar-refractivity contribution in [1.82, 2.24) is 5.32 Å². The lowest BCUT2D eigenvalue weighted by Crippen LogP contribution is -2.36. The highest BCUT2D eigenvalue weighted by Crippen LogP contribution is 2.45. The molecule has 0 bridgehead atoms. The Bertz CT molecular complexity index is 499. The van der Waals surface area contributed by atoms with Crippen LogP contribution in [0, 0.1) is 5.41 Å². The van der Waals surface area contributed by atoms with E-state index in [-0.39, 0.29) is 19.1 Å². The van der Waals surface area contributed by atoms with Crippen LogP contribution in [0.1, 0.15) is 12.8 Å². The number of ether oxygens (including phenoxy) is 1. The van der Waals surface area contributed by atoms with E-state index in [2.05, 4.69) is 21.2 Å². The molecule has 6 heteroatoms. The summed E-state index contributed by atoms with van der Waals surface area (Å²) in [4.78, 5) is 22.5. The molecule has 0 spiro atoms. The van der Waals surface area contributed by atoms with E-state index in [1.807, 2.05) is 18.2 Å². The molecule has 0 atom stereocenters. The number of hydrogen-bond donors (Lipinski definition) is 2. The second kappa shape index (κ2) is 5.61. The van der Waals surface area contributed by atoms with E-state index in [0.717, 1.165) is 4.47 Å². The van der Waals surface area contributed by atoms with Gasteiger partial charge in [-0.25, -0.2) is 0 Å². The summed E-state index contributed by atoms with van der Waals surface area (Å²) >= 11 is 3.31. The number of aliphatic carboxylic acids is 1. The second-order valence-electron chi connectivity index (χ2n) is 4.58. The summed E-state index contributed by atoms with van der Waals surface area (Å²) < 4.78 is 6.11. The molecule has 0 unspecified atom stereocenters. The van der Waals surface area contributed by atoms with Crippen LogP contribution in [-0.4, -0.2) is 30.1 Å². The molecule has 2 N–H and O–H groups in total. The molecule has 0 aromatic heterocycles. The molecule has 0 radical (unpaired) electrons. The van der Waals surface area contributed by atoms with Gasteiger partial charge in [0.25, 0.3) is 5.91 Å². The van der Waals surface area contributed by atoms with E-state index in [0.29, 0.717) is 18.6 Å². The molecular formula is C13H14BrNO4. The molecule has 1 aliphatic carbocycles. The zero-order valence-corrected chi connectivity index (χ0v) is 11.8. The Hall–Kier alpha value is -1.56. The summed E-state index contributed by atoms with van der Waals surface area (Å²) in [6, 6.07) is 7.22. The maximum Gasteiger partial charge on any atom is 0.311 e. The van der Waals surface area contributed by atoms with Gasteiger partial charge in [-0.1, -0.05) is 12.1 Å². The molecule has 19 heavy (non-hydrogen) atoms. The SMILES string of the molecule is O=C(COc1ccccc1Br)NCC1(C(=O)O)CC1. The van der Waals surface area contributed by atoms with E-state index >= 15 is 0 Å². The fourth-order valence-electron chi connectivity index (χ4n) is 1.64. The topological polar surface area (TPSA) is 75.6 Å². The number of carboxylic acid groups (broad SMARTS) is 1. The first-order valence-corrected chi connectivity index (χ1v) is 6.70. The fourth-order valence-corrected chi connectivity index (χ4v) is 2.04. The van der Waals surface area contributed by atoms with Crippen molar-refractivity contribution in [3.05, 3.63) is 28.7 Å². The van der Waals surface area contributed by atoms with Crippen LogP contribution in [0.3, 0.4) is 0 Å². The molecule has 0 heterocycles. The van der Waals surface area contributed by atoms with Crippen LogP contribution < -0.4 is 10.1 Å². The molecule has 1 fully saturated rings. The van der Waals surface area contributed by atoms with E-state index in [1.165, 1.54) is 0 Å². The zero-order valence-electron chi connectivity index (χ0n) is 10.2. The number of carbonyl (C=O) groups excluding carboxylic acids is 1. The van der Waals surface area contributed by atoms with E-state index < -0.39 is 11.4 Å². The van der Waals surface area contributed by atoms with Gasteiger partial charge in [0.05, 0.1) is 9.89 Å². The third-order valence-electron chi connectivity index (χ3n) is 3.13. The summed E-state index contributed by atoms with van der Waals surface area (Å²) in [5.41, 5.74) is -0.747. The first-order valence-electron chi connectivity index (χ1n) is 5.91. The highest BCUT2D eigenvalue weighted by atomic mass is 79.9. The smallest absolute Gasteiger partial charge is 0.311 e. The molecule has 0 aliphatic heterocycles. The third-order valence-corrected chi connectivity index (χ3v) is 3.78. The van der Waals surface area contributed by atoms with Gasteiger partial charge in [-0.3, -0.25) is 9.59 Å². The number of benzene rings is 1. The molecule has 2 rings (SSSR count). The largest absolute Gasteiger partial charge is 0.483 e. The summed E-state index contributed by atoms with van der Waals surface area (Å²) in [5, 5.41) is 11.6. The van der Waals surface area contributed by atoms with Gasteiger partial charge in [0, 0.05) is 6.54 Å². The maximum atomic E-state index is 11.6. The Labute approximate surface area is 119 Å². The molecule has 5 nitrogen and oxygen atoms in total. The quantitative estimate of drug-likeness (QED) is 0.835. The molecular weight excluding hydrogens is 314 g/mol. The molecule has 102 valence electrons. The normalized spacial score (nSPS) is 15.6. The Morgan fingerprint density at radius 3 is 2.63 bits per heavy atom. The average Bonchev–Trinajstić information content (AvgIpc) is 3.16. The molecule has 1 aromatic rings. The minimum Gasteiger partial charge on any atom is -0.483 e. The minimum atomic E-state index is -0.848. The van der Waals surface area contributed by atoms with E-state index in [4.69, 9.17) is 9.84 Å². The lowest BCUT2D eigenvalue weighted by molar-refractivity contribution is -0.143. The van der Waals surface area contributed by atoms with Crippen LogP contribution in [-0.2, 0) is 9.59 Å². The van der Waals surface area contributed by atoms with Crippen LogP contribution in [0.2, 0.25) is 0 Å². The van der Waals surface area contributed by atoms with Crippen LogP contribution in [0.15, 0.2) is 28.7 Å². The Morgan fingerprint density at radius 2 is 2.05 bits per heavy atom. The predicted octanol–water partition coefficient (Wildman–Crippen LogP) is 1.81. The second-order valence-corrected chi connectivity index (χ2v) is 5.44. The number of rotatable bonds is 6. The van der Waals surface area contributed by atoms with Crippen molar-refractivity contribution in [1.29, 1.82) is 0 Å². The summed E-state index contributed by atoms with van der Waals surface area (Å²) in [6.07, 6.45) is 1.24. The van der Waals surface area contributed by atoms with Crippen molar-refractivity contribution in [2.75, 3.05) is 13.2 Å². The van der Waals surface area contributed by atoms with Gasteiger partial charge in [-0.05, 0) is 40.9 Å². The van der Waals surface area contributed by atoms with Crippen LogP contribution in [0.4, 0.5) is 0 Å². The van der Waals surface area contributed by atoms with Crippen LogP contribution in [0.5, 0.6) is 5.75 Å². The average molecular weight is 328 g/mol. The number of hydrogen-bond acceptors (Lipinski definition) is 3. The van der Waals surface area contributed by atoms with Gasteiger partial charge in [-0.2, -0.15) is 0 Å². The number of para-hydroxylation sites is 1. The highest BCUT2D eigenvalue weighted by Gasteiger charge is 2.50. The van der Waals surface area contributed by atoms with Crippen molar-refractivity contribution >= 4 is 27.8 Å². The number of carboxylic acids is 1. The highest BCUT2D eigenvalue weighted by molar-refractivity contribution is 9.10. The predicted molar refractivity (Wildman–Crippen MR) is 71.9 cm³/mol. The van der Waals surface area contributed by atoms with E-state index in [1.54, 1.807) is 6.07 Å². The molecule has 1 saturated carbocycles. The Kier molecular flexibility index (Phi) is 4.09. The third kappa shape index (κ3) is 3.47. The van der Waals surface area contributed by atoms with Crippen LogP contribution >= 0.6 is 15.9 Å². The van der Waals surface area contributed by atoms with Crippen molar-refractivity contribution in [3.8, 4) is 5.75 Å². The van der Waals surface area contributed by atoms with Gasteiger partial charge in [0.2, 0.25) is 0 Å². The van der Waals surface area contributed by atoms with Gasteiger partial charge in [-0.15, -0.1) is 0 Å². The van der Waals surface area contributed by atoms with E-state index in [9.17, 15) is 9.59 Å². The van der Waals surface area contributed by atoms with Gasteiger partial charge in [0.1, 0.15) is 5.75 Å². The van der Waals surface area contributed by atoms with Crippen molar-refractivity contribution < 1.29 is 19.4 Å².